The maximum atomic E-state index is 11.0. The van der Waals surface area contributed by atoms with E-state index in [0.29, 0.717) is 12.1 Å². The fourth-order valence-corrected chi connectivity index (χ4v) is 3.66. The van der Waals surface area contributed by atoms with Crippen LogP contribution in [0.1, 0.15) is 51.4 Å². The van der Waals surface area contributed by atoms with E-state index in [9.17, 15) is 4.79 Å². The summed E-state index contributed by atoms with van der Waals surface area (Å²) in [7, 11) is 2.21. The van der Waals surface area contributed by atoms with Gasteiger partial charge in [0, 0.05) is 18.6 Å². The predicted molar refractivity (Wildman–Crippen MR) is 76.4 cm³/mol. The van der Waals surface area contributed by atoms with Gasteiger partial charge in [0.2, 0.25) is 0 Å². The van der Waals surface area contributed by atoms with Crippen molar-refractivity contribution in [1.82, 2.24) is 9.80 Å². The van der Waals surface area contributed by atoms with Gasteiger partial charge in [-0.1, -0.05) is 19.3 Å². The average Bonchev–Trinajstić information content (AvgIpc) is 2.89. The van der Waals surface area contributed by atoms with Crippen molar-refractivity contribution in [2.75, 3.05) is 26.7 Å². The maximum absolute atomic E-state index is 11.0. The van der Waals surface area contributed by atoms with Crippen LogP contribution in [-0.2, 0) is 4.79 Å². The molecule has 2 rings (SSSR count). The molecule has 1 atom stereocenters. The minimum atomic E-state index is -0.677. The lowest BCUT2D eigenvalue weighted by atomic mass is 9.99. The fraction of sp³-hybridized carbons (Fsp3) is 0.933. The second-order valence-corrected chi connectivity index (χ2v) is 6.22. The van der Waals surface area contributed by atoms with E-state index in [1.165, 1.54) is 51.5 Å². The number of piperidine rings is 1. The summed E-state index contributed by atoms with van der Waals surface area (Å²) in [5, 5.41) is 9.08. The predicted octanol–water partition coefficient (Wildman–Crippen LogP) is 2.19. The van der Waals surface area contributed by atoms with Gasteiger partial charge >= 0.3 is 5.97 Å². The van der Waals surface area contributed by atoms with Crippen LogP contribution in [0.2, 0.25) is 0 Å². The molecule has 4 nitrogen and oxygen atoms in total. The van der Waals surface area contributed by atoms with E-state index in [2.05, 4.69) is 16.8 Å². The molecule has 0 aromatic carbocycles. The Kier molecular flexibility index (Phi) is 5.64. The van der Waals surface area contributed by atoms with Gasteiger partial charge in [0.05, 0.1) is 6.54 Å². The SMILES string of the molecule is CN1CCCCC1CCN(CC(=O)O)C1CCCC1. The standard InChI is InChI=1S/C15H28N2O2/c1-16-10-5-4-6-13(16)9-11-17(12-15(18)19)14-7-2-3-8-14/h13-14H,2-12H2,1H3,(H,18,19). The third-order valence-electron chi connectivity index (χ3n) is 4.85. The van der Waals surface area contributed by atoms with Gasteiger partial charge in [0.1, 0.15) is 0 Å². The van der Waals surface area contributed by atoms with Crippen LogP contribution < -0.4 is 0 Å². The smallest absolute Gasteiger partial charge is 0.317 e. The molecule has 0 aromatic rings. The van der Waals surface area contributed by atoms with Crippen molar-refractivity contribution in [2.45, 2.75) is 63.5 Å². The number of hydrogen-bond acceptors (Lipinski definition) is 3. The maximum Gasteiger partial charge on any atom is 0.317 e. The topological polar surface area (TPSA) is 43.8 Å². The highest BCUT2D eigenvalue weighted by Gasteiger charge is 2.26. The molecule has 1 saturated heterocycles. The van der Waals surface area contributed by atoms with Gasteiger partial charge in [0.25, 0.3) is 0 Å². The Bertz CT molecular complexity index is 290. The lowest BCUT2D eigenvalue weighted by Crippen LogP contribution is -2.43. The molecule has 0 aromatic heterocycles. The third-order valence-corrected chi connectivity index (χ3v) is 4.85. The minimum Gasteiger partial charge on any atom is -0.480 e. The summed E-state index contributed by atoms with van der Waals surface area (Å²) in [4.78, 5) is 15.7. The molecule has 1 heterocycles. The molecule has 1 N–H and O–H groups in total. The van der Waals surface area contributed by atoms with Crippen LogP contribution in [0.4, 0.5) is 0 Å². The van der Waals surface area contributed by atoms with E-state index >= 15 is 0 Å². The molecule has 0 radical (unpaired) electrons. The number of likely N-dealkylation sites (tertiary alicyclic amines) is 1. The van der Waals surface area contributed by atoms with Crippen molar-refractivity contribution in [3.8, 4) is 0 Å². The second kappa shape index (κ2) is 7.25. The highest BCUT2D eigenvalue weighted by atomic mass is 16.4. The number of aliphatic carboxylic acids is 1. The number of hydrogen-bond donors (Lipinski definition) is 1. The molecular formula is C15H28N2O2. The van der Waals surface area contributed by atoms with Crippen LogP contribution in [0.15, 0.2) is 0 Å². The first-order valence-electron chi connectivity index (χ1n) is 7.83. The summed E-state index contributed by atoms with van der Waals surface area (Å²) in [5.74, 6) is -0.677. The van der Waals surface area contributed by atoms with E-state index in [4.69, 9.17) is 5.11 Å². The molecule has 2 aliphatic rings. The summed E-state index contributed by atoms with van der Waals surface area (Å²) in [6.45, 7) is 2.38. The highest BCUT2D eigenvalue weighted by Crippen LogP contribution is 2.25. The molecule has 2 fully saturated rings. The molecular weight excluding hydrogens is 240 g/mol. The Morgan fingerprint density at radius 1 is 1.21 bits per heavy atom. The first-order chi connectivity index (χ1) is 9.16. The van der Waals surface area contributed by atoms with E-state index in [1.54, 1.807) is 0 Å². The number of carboxylic acid groups (broad SMARTS) is 1. The molecule has 1 saturated carbocycles. The summed E-state index contributed by atoms with van der Waals surface area (Å²) >= 11 is 0. The van der Waals surface area contributed by atoms with Gasteiger partial charge in [-0.2, -0.15) is 0 Å². The molecule has 1 aliphatic heterocycles. The van der Waals surface area contributed by atoms with E-state index in [-0.39, 0.29) is 6.54 Å². The van der Waals surface area contributed by atoms with Crippen molar-refractivity contribution in [2.24, 2.45) is 0 Å². The van der Waals surface area contributed by atoms with Gasteiger partial charge in [0.15, 0.2) is 0 Å². The molecule has 0 amide bonds. The first kappa shape index (κ1) is 14.8. The first-order valence-corrected chi connectivity index (χ1v) is 7.83. The van der Waals surface area contributed by atoms with Crippen molar-refractivity contribution in [3.05, 3.63) is 0 Å². The van der Waals surface area contributed by atoms with Crippen LogP contribution in [0, 0.1) is 0 Å². The Hall–Kier alpha value is -0.610. The van der Waals surface area contributed by atoms with E-state index < -0.39 is 5.97 Å². The van der Waals surface area contributed by atoms with Crippen LogP contribution >= 0.6 is 0 Å². The van der Waals surface area contributed by atoms with Crippen LogP contribution in [0.3, 0.4) is 0 Å². The molecule has 0 spiro atoms. The monoisotopic (exact) mass is 268 g/mol. The van der Waals surface area contributed by atoms with Gasteiger partial charge in [-0.25, -0.2) is 0 Å². The fourth-order valence-electron chi connectivity index (χ4n) is 3.66. The minimum absolute atomic E-state index is 0.223. The average molecular weight is 268 g/mol. The largest absolute Gasteiger partial charge is 0.480 e. The molecule has 1 unspecified atom stereocenters. The third kappa shape index (κ3) is 4.46. The van der Waals surface area contributed by atoms with Crippen molar-refractivity contribution < 1.29 is 9.90 Å². The summed E-state index contributed by atoms with van der Waals surface area (Å²) in [6.07, 6.45) is 9.96. The molecule has 0 bridgehead atoms. The highest BCUT2D eigenvalue weighted by molar-refractivity contribution is 5.69. The summed E-state index contributed by atoms with van der Waals surface area (Å²) in [5.41, 5.74) is 0. The Labute approximate surface area is 116 Å². The normalized spacial score (nSPS) is 26.1. The zero-order chi connectivity index (χ0) is 13.7. The Morgan fingerprint density at radius 3 is 2.53 bits per heavy atom. The van der Waals surface area contributed by atoms with E-state index in [0.717, 1.165) is 13.0 Å². The zero-order valence-corrected chi connectivity index (χ0v) is 12.2. The van der Waals surface area contributed by atoms with Crippen molar-refractivity contribution >= 4 is 5.97 Å². The number of nitrogens with zero attached hydrogens (tertiary/aromatic N) is 2. The van der Waals surface area contributed by atoms with Gasteiger partial charge < -0.3 is 10.0 Å². The zero-order valence-electron chi connectivity index (χ0n) is 12.2. The number of rotatable bonds is 6. The molecule has 110 valence electrons. The van der Waals surface area contributed by atoms with Crippen LogP contribution in [0.5, 0.6) is 0 Å². The van der Waals surface area contributed by atoms with Crippen LogP contribution in [0.25, 0.3) is 0 Å². The van der Waals surface area contributed by atoms with Gasteiger partial charge in [-0.05, 0) is 45.7 Å². The lowest BCUT2D eigenvalue weighted by molar-refractivity contribution is -0.139. The molecule has 4 heteroatoms. The number of carboxylic acids is 1. The van der Waals surface area contributed by atoms with Crippen molar-refractivity contribution in [1.29, 1.82) is 0 Å². The lowest BCUT2D eigenvalue weighted by Gasteiger charge is -2.35. The second-order valence-electron chi connectivity index (χ2n) is 6.22. The molecule has 1 aliphatic carbocycles. The van der Waals surface area contributed by atoms with Gasteiger partial charge in [-0.3, -0.25) is 9.69 Å². The summed E-state index contributed by atoms with van der Waals surface area (Å²) < 4.78 is 0. The van der Waals surface area contributed by atoms with Crippen molar-refractivity contribution in [3.63, 3.8) is 0 Å². The molecule has 19 heavy (non-hydrogen) atoms. The van der Waals surface area contributed by atoms with Crippen LogP contribution in [-0.4, -0.2) is 59.6 Å². The van der Waals surface area contributed by atoms with Gasteiger partial charge in [-0.15, -0.1) is 0 Å². The van der Waals surface area contributed by atoms with E-state index in [1.807, 2.05) is 0 Å². The Morgan fingerprint density at radius 2 is 1.89 bits per heavy atom. The number of carbonyl (C=O) groups is 1. The summed E-state index contributed by atoms with van der Waals surface area (Å²) in [6, 6.07) is 1.18. The quantitative estimate of drug-likeness (QED) is 0.802. The Balaban J connectivity index is 1.82.